The number of likely N-dealkylation sites (tertiary alicyclic amines) is 2. The summed E-state index contributed by atoms with van der Waals surface area (Å²) in [5.41, 5.74) is 6.14. The van der Waals surface area contributed by atoms with Crippen molar-refractivity contribution in [2.24, 2.45) is 11.8 Å². The van der Waals surface area contributed by atoms with E-state index < -0.39 is 0 Å². The summed E-state index contributed by atoms with van der Waals surface area (Å²) in [5.74, 6) is 1.56. The highest BCUT2D eigenvalue weighted by molar-refractivity contribution is 7.09. The van der Waals surface area contributed by atoms with Crippen LogP contribution in [0.15, 0.2) is 29.8 Å². The Labute approximate surface area is 143 Å². The van der Waals surface area contributed by atoms with Crippen LogP contribution in [0, 0.1) is 25.7 Å². The molecule has 3 heterocycles. The molecule has 0 unspecified atom stereocenters. The van der Waals surface area contributed by atoms with Crippen molar-refractivity contribution in [3.05, 3.63) is 51.5 Å². The van der Waals surface area contributed by atoms with Gasteiger partial charge < -0.3 is 0 Å². The van der Waals surface area contributed by atoms with E-state index in [2.05, 4.69) is 59.9 Å². The molecule has 2 saturated heterocycles. The molecule has 3 nitrogen and oxygen atoms in total. The normalized spacial score (nSPS) is 28.4. The molecule has 2 aliphatic rings. The van der Waals surface area contributed by atoms with Crippen molar-refractivity contribution < 1.29 is 0 Å². The summed E-state index contributed by atoms with van der Waals surface area (Å²) >= 11 is 1.80. The summed E-state index contributed by atoms with van der Waals surface area (Å²) in [6.07, 6.45) is 0. The molecule has 0 saturated carbocycles. The topological polar surface area (TPSA) is 19.4 Å². The van der Waals surface area contributed by atoms with Crippen molar-refractivity contribution in [3.8, 4) is 0 Å². The first-order chi connectivity index (χ1) is 11.1. The summed E-state index contributed by atoms with van der Waals surface area (Å²) in [6.45, 7) is 9.13. The minimum atomic E-state index is 0.578. The zero-order valence-electron chi connectivity index (χ0n) is 14.2. The molecule has 0 spiro atoms. The zero-order valence-corrected chi connectivity index (χ0v) is 15.0. The first kappa shape index (κ1) is 15.3. The molecule has 1 aromatic heterocycles. The highest BCUT2D eigenvalue weighted by Gasteiger charge is 2.46. The number of nitrogens with zero attached hydrogens (tertiary/aromatic N) is 3. The highest BCUT2D eigenvalue weighted by atomic mass is 32.1. The molecular weight excluding hydrogens is 302 g/mol. The zero-order chi connectivity index (χ0) is 16.0. The van der Waals surface area contributed by atoms with Gasteiger partial charge in [0.25, 0.3) is 0 Å². The maximum absolute atomic E-state index is 4.40. The second-order valence-corrected chi connectivity index (χ2v) is 8.16. The Morgan fingerprint density at radius 3 is 2.74 bits per heavy atom. The Morgan fingerprint density at radius 2 is 2.00 bits per heavy atom. The molecule has 2 aliphatic heterocycles. The lowest BCUT2D eigenvalue weighted by molar-refractivity contribution is 0.224. The van der Waals surface area contributed by atoms with Crippen LogP contribution in [0.2, 0.25) is 0 Å². The largest absolute Gasteiger partial charge is 0.299 e. The molecule has 3 atom stereocenters. The van der Waals surface area contributed by atoms with E-state index in [0.29, 0.717) is 6.04 Å². The van der Waals surface area contributed by atoms with E-state index in [1.54, 1.807) is 11.3 Å². The fourth-order valence-electron chi connectivity index (χ4n) is 4.55. The van der Waals surface area contributed by atoms with Gasteiger partial charge in [0.05, 0.1) is 11.2 Å². The number of aryl methyl sites for hydroxylation is 2. The van der Waals surface area contributed by atoms with E-state index in [1.165, 1.54) is 41.3 Å². The average molecular weight is 327 g/mol. The first-order valence-electron chi connectivity index (χ1n) is 8.50. The van der Waals surface area contributed by atoms with Crippen molar-refractivity contribution in [2.75, 3.05) is 26.7 Å². The Balaban J connectivity index is 1.53. The molecule has 2 fully saturated rings. The first-order valence-corrected chi connectivity index (χ1v) is 9.38. The molecule has 0 N–H and O–H groups in total. The third-order valence-corrected chi connectivity index (χ3v) is 6.61. The fourth-order valence-corrected chi connectivity index (χ4v) is 5.37. The number of thiazole rings is 1. The van der Waals surface area contributed by atoms with E-state index in [9.17, 15) is 0 Å². The van der Waals surface area contributed by atoms with E-state index in [1.807, 2.05) is 5.51 Å². The Bertz CT molecular complexity index is 695. The Kier molecular flexibility index (Phi) is 4.00. The van der Waals surface area contributed by atoms with Gasteiger partial charge in [-0.05, 0) is 43.9 Å². The van der Waals surface area contributed by atoms with Crippen LogP contribution in [0.4, 0.5) is 0 Å². The van der Waals surface area contributed by atoms with Gasteiger partial charge in [-0.15, -0.1) is 11.3 Å². The van der Waals surface area contributed by atoms with Crippen LogP contribution in [-0.4, -0.2) is 41.5 Å². The summed E-state index contributed by atoms with van der Waals surface area (Å²) in [7, 11) is 2.30. The molecule has 4 heteroatoms. The standard InChI is InChI=1S/C19H25N3S/c1-13-6-4-5-7-16(13)19-17-10-22(9-15(17)8-21(19)3)11-18-14(2)20-12-23-18/h4-7,12,15,17,19H,8-11H2,1-3H3/t15-,17+,19+/m0/s1. The van der Waals surface area contributed by atoms with Gasteiger partial charge in [0.15, 0.2) is 0 Å². The van der Waals surface area contributed by atoms with Gasteiger partial charge in [0, 0.05) is 37.1 Å². The van der Waals surface area contributed by atoms with E-state index in [0.717, 1.165) is 18.4 Å². The third-order valence-electron chi connectivity index (χ3n) is 5.69. The molecule has 0 aliphatic carbocycles. The minimum absolute atomic E-state index is 0.578. The van der Waals surface area contributed by atoms with Gasteiger partial charge in [0.2, 0.25) is 0 Å². The Hall–Kier alpha value is -1.23. The smallest absolute Gasteiger partial charge is 0.0798 e. The summed E-state index contributed by atoms with van der Waals surface area (Å²) in [6, 6.07) is 9.50. The van der Waals surface area contributed by atoms with Crippen molar-refractivity contribution in [1.82, 2.24) is 14.8 Å². The van der Waals surface area contributed by atoms with Gasteiger partial charge in [-0.2, -0.15) is 0 Å². The number of fused-ring (bicyclic) bond motifs is 1. The van der Waals surface area contributed by atoms with Gasteiger partial charge >= 0.3 is 0 Å². The lowest BCUT2D eigenvalue weighted by Gasteiger charge is -2.28. The van der Waals surface area contributed by atoms with E-state index >= 15 is 0 Å². The molecule has 0 radical (unpaired) electrons. The summed E-state index contributed by atoms with van der Waals surface area (Å²) < 4.78 is 0. The fraction of sp³-hybridized carbons (Fsp3) is 0.526. The Morgan fingerprint density at radius 1 is 1.17 bits per heavy atom. The van der Waals surface area contributed by atoms with Crippen molar-refractivity contribution in [2.45, 2.75) is 26.4 Å². The second-order valence-electron chi connectivity index (χ2n) is 7.22. The summed E-state index contributed by atoms with van der Waals surface area (Å²) in [5, 5.41) is 0. The number of benzene rings is 1. The van der Waals surface area contributed by atoms with Gasteiger partial charge in [-0.25, -0.2) is 4.98 Å². The number of hydrogen-bond acceptors (Lipinski definition) is 4. The van der Waals surface area contributed by atoms with Crippen LogP contribution in [0.3, 0.4) is 0 Å². The van der Waals surface area contributed by atoms with E-state index in [-0.39, 0.29) is 0 Å². The number of aromatic nitrogens is 1. The van der Waals surface area contributed by atoms with Crippen LogP contribution in [0.25, 0.3) is 0 Å². The second kappa shape index (κ2) is 6.00. The predicted molar refractivity (Wildman–Crippen MR) is 95.7 cm³/mol. The lowest BCUT2D eigenvalue weighted by atomic mass is 9.88. The van der Waals surface area contributed by atoms with Gasteiger partial charge in [-0.3, -0.25) is 9.80 Å². The third kappa shape index (κ3) is 2.73. The average Bonchev–Trinajstić information content (AvgIpc) is 3.16. The van der Waals surface area contributed by atoms with E-state index in [4.69, 9.17) is 0 Å². The number of hydrogen-bond donors (Lipinski definition) is 0. The van der Waals surface area contributed by atoms with Crippen LogP contribution < -0.4 is 0 Å². The molecule has 2 aromatic rings. The maximum atomic E-state index is 4.40. The van der Waals surface area contributed by atoms with Crippen LogP contribution in [0.1, 0.15) is 27.7 Å². The van der Waals surface area contributed by atoms with Crippen LogP contribution >= 0.6 is 11.3 Å². The van der Waals surface area contributed by atoms with Gasteiger partial charge in [0.1, 0.15) is 0 Å². The molecule has 23 heavy (non-hydrogen) atoms. The molecule has 4 rings (SSSR count). The predicted octanol–water partition coefficient (Wildman–Crippen LogP) is 3.49. The highest BCUT2D eigenvalue weighted by Crippen LogP contribution is 2.45. The van der Waals surface area contributed by atoms with Crippen molar-refractivity contribution in [1.29, 1.82) is 0 Å². The molecule has 0 amide bonds. The molecule has 0 bridgehead atoms. The quantitative estimate of drug-likeness (QED) is 0.860. The SMILES string of the molecule is Cc1ccccc1[C@@H]1[C@@H]2CN(Cc3scnc3C)C[C@@H]2CN1C. The maximum Gasteiger partial charge on any atom is 0.0798 e. The minimum Gasteiger partial charge on any atom is -0.299 e. The molecule has 122 valence electrons. The summed E-state index contributed by atoms with van der Waals surface area (Å²) in [4.78, 5) is 11.1. The molecule has 1 aromatic carbocycles. The monoisotopic (exact) mass is 327 g/mol. The molecular formula is C19H25N3S. The van der Waals surface area contributed by atoms with Crippen molar-refractivity contribution in [3.63, 3.8) is 0 Å². The van der Waals surface area contributed by atoms with Crippen LogP contribution in [0.5, 0.6) is 0 Å². The lowest BCUT2D eigenvalue weighted by Crippen LogP contribution is -2.29. The van der Waals surface area contributed by atoms with Crippen LogP contribution in [-0.2, 0) is 6.54 Å². The van der Waals surface area contributed by atoms with Gasteiger partial charge in [-0.1, -0.05) is 24.3 Å². The number of rotatable bonds is 3. The van der Waals surface area contributed by atoms with Crippen molar-refractivity contribution >= 4 is 11.3 Å².